The fourth-order valence-corrected chi connectivity index (χ4v) is 1.58. The van der Waals surface area contributed by atoms with Crippen LogP contribution in [0, 0.1) is 5.41 Å². The Hall–Kier alpha value is 0. The highest BCUT2D eigenvalue weighted by molar-refractivity contribution is 4.78. The van der Waals surface area contributed by atoms with Crippen molar-refractivity contribution in [1.29, 1.82) is 0 Å². The monoisotopic (exact) mass is 142 g/mol. The van der Waals surface area contributed by atoms with Gasteiger partial charge in [0.15, 0.2) is 0 Å². The zero-order chi connectivity index (χ0) is 8.04. The van der Waals surface area contributed by atoms with E-state index < -0.39 is 0 Å². The minimum absolute atomic E-state index is 0.736. The van der Waals surface area contributed by atoms with Gasteiger partial charge in [-0.25, -0.2) is 0 Å². The Kier molecular flexibility index (Phi) is 4.76. The smallest absolute Gasteiger partial charge is 0.0328 e. The summed E-state index contributed by atoms with van der Waals surface area (Å²) in [6.07, 6.45) is 7.29. The van der Waals surface area contributed by atoms with Gasteiger partial charge >= 0.3 is 0 Å². The molecule has 0 aromatic heterocycles. The Morgan fingerprint density at radius 2 is 1.50 bits per heavy atom. The van der Waals surface area contributed by atoms with E-state index in [1.54, 1.807) is 0 Å². The van der Waals surface area contributed by atoms with Gasteiger partial charge in [0, 0.05) is 0 Å². The lowest BCUT2D eigenvalue weighted by molar-refractivity contribution is 0.323. The predicted octanol–water partition coefficient (Wildman–Crippen LogP) is 4.00. The average Bonchev–Trinajstić information content (AvgIpc) is 2.42. The van der Waals surface area contributed by atoms with Crippen molar-refractivity contribution in [3.63, 3.8) is 0 Å². The van der Waals surface area contributed by atoms with Crippen molar-refractivity contribution < 1.29 is 0 Å². The summed E-state index contributed by atoms with van der Waals surface area (Å²) in [5, 5.41) is 0. The van der Waals surface area contributed by atoms with Crippen LogP contribution in [0.1, 0.15) is 59.8 Å². The van der Waals surface area contributed by atoms with E-state index in [0.717, 1.165) is 5.41 Å². The molecular weight excluding hydrogens is 120 g/mol. The fourth-order valence-electron chi connectivity index (χ4n) is 1.58. The van der Waals surface area contributed by atoms with Gasteiger partial charge in [-0.1, -0.05) is 47.0 Å². The van der Waals surface area contributed by atoms with Gasteiger partial charge < -0.3 is 0 Å². The van der Waals surface area contributed by atoms with Gasteiger partial charge in [0.05, 0.1) is 0 Å². The molecule has 1 aliphatic rings. The molecule has 62 valence electrons. The van der Waals surface area contributed by atoms with Crippen LogP contribution in [0.3, 0.4) is 0 Å². The highest BCUT2D eigenvalue weighted by Gasteiger charge is 2.25. The van der Waals surface area contributed by atoms with Crippen molar-refractivity contribution in [2.24, 2.45) is 5.41 Å². The summed E-state index contributed by atoms with van der Waals surface area (Å²) in [5.74, 6) is 0. The van der Waals surface area contributed by atoms with Crippen LogP contribution in [0.5, 0.6) is 0 Å². The number of rotatable bonds is 1. The SMILES string of the molecule is CC.CCC1(C)CCCC1. The van der Waals surface area contributed by atoms with Crippen LogP contribution in [0.2, 0.25) is 0 Å². The molecule has 0 aromatic rings. The van der Waals surface area contributed by atoms with Gasteiger partial charge in [-0.05, 0) is 18.3 Å². The van der Waals surface area contributed by atoms with Crippen molar-refractivity contribution in [1.82, 2.24) is 0 Å². The molecule has 0 N–H and O–H groups in total. The minimum Gasteiger partial charge on any atom is -0.0683 e. The Bertz CT molecular complexity index is 68.1. The van der Waals surface area contributed by atoms with Gasteiger partial charge in [0.25, 0.3) is 0 Å². The van der Waals surface area contributed by atoms with Crippen LogP contribution in [0.4, 0.5) is 0 Å². The van der Waals surface area contributed by atoms with Crippen LogP contribution in [-0.2, 0) is 0 Å². The zero-order valence-corrected chi connectivity index (χ0v) is 8.04. The molecule has 0 amide bonds. The van der Waals surface area contributed by atoms with Crippen LogP contribution in [0.15, 0.2) is 0 Å². The summed E-state index contributed by atoms with van der Waals surface area (Å²) in [6, 6.07) is 0. The third-order valence-corrected chi connectivity index (χ3v) is 2.66. The standard InChI is InChI=1S/C8H16.C2H6/c1-3-8(2)6-4-5-7-8;1-2/h3-7H2,1-2H3;1-2H3. The molecule has 0 unspecified atom stereocenters. The second-order valence-corrected chi connectivity index (χ2v) is 3.37. The molecule has 0 bridgehead atoms. The third-order valence-electron chi connectivity index (χ3n) is 2.66. The van der Waals surface area contributed by atoms with Gasteiger partial charge in [-0.2, -0.15) is 0 Å². The maximum absolute atomic E-state index is 2.42. The maximum atomic E-state index is 2.42. The molecule has 1 saturated carbocycles. The van der Waals surface area contributed by atoms with Gasteiger partial charge in [0.1, 0.15) is 0 Å². The summed E-state index contributed by atoms with van der Waals surface area (Å²) in [4.78, 5) is 0. The summed E-state index contributed by atoms with van der Waals surface area (Å²) < 4.78 is 0. The van der Waals surface area contributed by atoms with E-state index in [4.69, 9.17) is 0 Å². The van der Waals surface area contributed by atoms with Crippen LogP contribution in [0.25, 0.3) is 0 Å². The first-order valence-corrected chi connectivity index (χ1v) is 4.77. The van der Waals surface area contributed by atoms with E-state index in [1.165, 1.54) is 32.1 Å². The third kappa shape index (κ3) is 2.72. The molecular formula is C10H22. The van der Waals surface area contributed by atoms with Gasteiger partial charge in [-0.15, -0.1) is 0 Å². The van der Waals surface area contributed by atoms with Crippen molar-refractivity contribution in [2.45, 2.75) is 59.8 Å². The normalized spacial score (nSPS) is 21.6. The first-order chi connectivity index (χ1) is 4.77. The lowest BCUT2D eigenvalue weighted by Gasteiger charge is -2.19. The maximum Gasteiger partial charge on any atom is -0.0328 e. The predicted molar refractivity (Wildman–Crippen MR) is 48.2 cm³/mol. The molecule has 1 fully saturated rings. The molecule has 1 rings (SSSR count). The number of hydrogen-bond donors (Lipinski definition) is 0. The second kappa shape index (κ2) is 4.76. The quantitative estimate of drug-likeness (QED) is 0.519. The van der Waals surface area contributed by atoms with Crippen LogP contribution >= 0.6 is 0 Å². The molecule has 0 nitrogen and oxygen atoms in total. The van der Waals surface area contributed by atoms with E-state index in [0.29, 0.717) is 0 Å². The van der Waals surface area contributed by atoms with E-state index in [1.807, 2.05) is 13.8 Å². The van der Waals surface area contributed by atoms with Crippen molar-refractivity contribution >= 4 is 0 Å². The second-order valence-electron chi connectivity index (χ2n) is 3.37. The molecule has 0 atom stereocenters. The Labute approximate surface area is 66.0 Å². The van der Waals surface area contributed by atoms with Crippen molar-refractivity contribution in [2.75, 3.05) is 0 Å². The van der Waals surface area contributed by atoms with Crippen LogP contribution in [-0.4, -0.2) is 0 Å². The summed E-state index contributed by atoms with van der Waals surface area (Å²) >= 11 is 0. The fraction of sp³-hybridized carbons (Fsp3) is 1.00. The van der Waals surface area contributed by atoms with Crippen LogP contribution < -0.4 is 0 Å². The van der Waals surface area contributed by atoms with E-state index in [9.17, 15) is 0 Å². The lowest BCUT2D eigenvalue weighted by atomic mass is 9.86. The highest BCUT2D eigenvalue weighted by atomic mass is 14.3. The molecule has 0 aliphatic heterocycles. The minimum atomic E-state index is 0.736. The van der Waals surface area contributed by atoms with Gasteiger partial charge in [0.2, 0.25) is 0 Å². The molecule has 0 radical (unpaired) electrons. The highest BCUT2D eigenvalue weighted by Crippen LogP contribution is 2.39. The summed E-state index contributed by atoms with van der Waals surface area (Å²) in [6.45, 7) is 8.73. The first kappa shape index (κ1) is 10.0. The van der Waals surface area contributed by atoms with E-state index in [-0.39, 0.29) is 0 Å². The summed E-state index contributed by atoms with van der Waals surface area (Å²) in [7, 11) is 0. The molecule has 0 spiro atoms. The lowest BCUT2D eigenvalue weighted by Crippen LogP contribution is -2.07. The van der Waals surface area contributed by atoms with Gasteiger partial charge in [-0.3, -0.25) is 0 Å². The average molecular weight is 142 g/mol. The summed E-state index contributed by atoms with van der Waals surface area (Å²) in [5.41, 5.74) is 0.736. The molecule has 0 heteroatoms. The van der Waals surface area contributed by atoms with Crippen molar-refractivity contribution in [3.05, 3.63) is 0 Å². The first-order valence-electron chi connectivity index (χ1n) is 4.77. The van der Waals surface area contributed by atoms with Crippen molar-refractivity contribution in [3.8, 4) is 0 Å². The molecule has 0 saturated heterocycles. The zero-order valence-electron chi connectivity index (χ0n) is 8.04. The molecule has 0 heterocycles. The Morgan fingerprint density at radius 3 is 1.70 bits per heavy atom. The molecule has 10 heavy (non-hydrogen) atoms. The Morgan fingerprint density at radius 1 is 1.10 bits per heavy atom. The molecule has 1 aliphatic carbocycles. The van der Waals surface area contributed by atoms with E-state index in [2.05, 4.69) is 13.8 Å². The topological polar surface area (TPSA) is 0 Å². The Balaban J connectivity index is 0.000000371. The molecule has 0 aromatic carbocycles. The largest absolute Gasteiger partial charge is 0.0683 e. The van der Waals surface area contributed by atoms with E-state index >= 15 is 0 Å². The number of hydrogen-bond acceptors (Lipinski definition) is 0.